The van der Waals surface area contributed by atoms with Crippen molar-refractivity contribution in [2.24, 2.45) is 0 Å². The molecule has 0 aliphatic heterocycles. The third kappa shape index (κ3) is 5.72. The molecule has 4 heteroatoms. The summed E-state index contributed by atoms with van der Waals surface area (Å²) in [6.07, 6.45) is 1.48. The third-order valence-electron chi connectivity index (χ3n) is 3.08. The van der Waals surface area contributed by atoms with Gasteiger partial charge in [0.1, 0.15) is 0 Å². The summed E-state index contributed by atoms with van der Waals surface area (Å²) in [5, 5.41) is 6.41. The quantitative estimate of drug-likeness (QED) is 0.682. The lowest BCUT2D eigenvalue weighted by molar-refractivity contribution is -0.117. The van der Waals surface area contributed by atoms with Gasteiger partial charge in [0.05, 0.1) is 13.0 Å². The van der Waals surface area contributed by atoms with E-state index in [9.17, 15) is 4.79 Å². The molecule has 1 aromatic rings. The highest BCUT2D eigenvalue weighted by Crippen LogP contribution is 2.22. The molecule has 0 radical (unpaired) electrons. The first-order valence-electron chi connectivity index (χ1n) is 7.38. The van der Waals surface area contributed by atoms with E-state index < -0.39 is 0 Å². The van der Waals surface area contributed by atoms with Crippen LogP contribution in [0.4, 0.5) is 5.69 Å². The molecule has 20 heavy (non-hydrogen) atoms. The first-order valence-corrected chi connectivity index (χ1v) is 7.38. The number of benzene rings is 1. The predicted molar refractivity (Wildman–Crippen MR) is 82.9 cm³/mol. The van der Waals surface area contributed by atoms with Crippen molar-refractivity contribution in [3.05, 3.63) is 29.8 Å². The molecule has 1 rings (SSSR count). The van der Waals surface area contributed by atoms with Crippen LogP contribution in [0.1, 0.15) is 45.2 Å². The topological polar surface area (TPSA) is 50.4 Å². The predicted octanol–water partition coefficient (Wildman–Crippen LogP) is 3.11. The summed E-state index contributed by atoms with van der Waals surface area (Å²) in [6, 6.07) is 8.14. The van der Waals surface area contributed by atoms with Gasteiger partial charge < -0.3 is 15.4 Å². The first kappa shape index (κ1) is 16.7. The molecule has 0 spiro atoms. The van der Waals surface area contributed by atoms with Crippen molar-refractivity contribution in [2.45, 2.75) is 39.7 Å². The highest BCUT2D eigenvalue weighted by molar-refractivity contribution is 5.91. The van der Waals surface area contributed by atoms with Gasteiger partial charge in [-0.1, -0.05) is 25.1 Å². The van der Waals surface area contributed by atoms with Crippen molar-refractivity contribution in [1.29, 1.82) is 0 Å². The van der Waals surface area contributed by atoms with E-state index in [-0.39, 0.29) is 11.9 Å². The Kier molecular flexibility index (Phi) is 7.92. The van der Waals surface area contributed by atoms with Crippen LogP contribution in [-0.4, -0.2) is 25.7 Å². The number of para-hydroxylation sites is 1. The fourth-order valence-corrected chi connectivity index (χ4v) is 1.98. The van der Waals surface area contributed by atoms with Gasteiger partial charge in [-0.25, -0.2) is 0 Å². The van der Waals surface area contributed by atoms with E-state index in [1.165, 1.54) is 0 Å². The van der Waals surface area contributed by atoms with Crippen LogP contribution >= 0.6 is 0 Å². The molecule has 0 fully saturated rings. The SMILES string of the molecule is CCCNC(C)c1ccccc1NC(=O)CCOCC. The largest absolute Gasteiger partial charge is 0.381 e. The van der Waals surface area contributed by atoms with Gasteiger partial charge in [-0.15, -0.1) is 0 Å². The molecule has 1 amide bonds. The lowest BCUT2D eigenvalue weighted by atomic mass is 10.1. The summed E-state index contributed by atoms with van der Waals surface area (Å²) < 4.78 is 5.20. The second-order valence-electron chi connectivity index (χ2n) is 4.76. The van der Waals surface area contributed by atoms with Gasteiger partial charge in [-0.05, 0) is 38.4 Å². The van der Waals surface area contributed by atoms with Gasteiger partial charge in [-0.3, -0.25) is 4.79 Å². The van der Waals surface area contributed by atoms with Gasteiger partial charge in [0.15, 0.2) is 0 Å². The van der Waals surface area contributed by atoms with Gasteiger partial charge in [-0.2, -0.15) is 0 Å². The Balaban J connectivity index is 2.62. The molecule has 0 aromatic heterocycles. The van der Waals surface area contributed by atoms with Crippen LogP contribution in [0.5, 0.6) is 0 Å². The Morgan fingerprint density at radius 1 is 1.30 bits per heavy atom. The molecule has 0 saturated heterocycles. The van der Waals surface area contributed by atoms with Crippen LogP contribution < -0.4 is 10.6 Å². The van der Waals surface area contributed by atoms with Crippen LogP contribution in [0.2, 0.25) is 0 Å². The van der Waals surface area contributed by atoms with Crippen LogP contribution in [0, 0.1) is 0 Å². The number of hydrogen-bond acceptors (Lipinski definition) is 3. The van der Waals surface area contributed by atoms with E-state index in [2.05, 4.69) is 24.5 Å². The monoisotopic (exact) mass is 278 g/mol. The molecule has 1 unspecified atom stereocenters. The lowest BCUT2D eigenvalue weighted by Gasteiger charge is -2.18. The highest BCUT2D eigenvalue weighted by atomic mass is 16.5. The molecule has 0 aliphatic carbocycles. The molecule has 4 nitrogen and oxygen atoms in total. The Hall–Kier alpha value is -1.39. The minimum atomic E-state index is -0.00593. The van der Waals surface area contributed by atoms with Crippen molar-refractivity contribution in [3.8, 4) is 0 Å². The molecule has 0 bridgehead atoms. The minimum absolute atomic E-state index is 0.00593. The number of carbonyl (C=O) groups excluding carboxylic acids is 1. The summed E-state index contributed by atoms with van der Waals surface area (Å²) >= 11 is 0. The van der Waals surface area contributed by atoms with Gasteiger partial charge in [0.2, 0.25) is 5.91 Å². The van der Waals surface area contributed by atoms with E-state index in [0.717, 1.165) is 24.2 Å². The zero-order valence-corrected chi connectivity index (χ0v) is 12.7. The number of anilines is 1. The Morgan fingerprint density at radius 3 is 2.75 bits per heavy atom. The van der Waals surface area contributed by atoms with Crippen LogP contribution in [0.25, 0.3) is 0 Å². The number of hydrogen-bond donors (Lipinski definition) is 2. The number of nitrogens with one attached hydrogen (secondary N) is 2. The molecule has 1 atom stereocenters. The fraction of sp³-hybridized carbons (Fsp3) is 0.562. The van der Waals surface area contributed by atoms with E-state index in [1.807, 2.05) is 31.2 Å². The van der Waals surface area contributed by atoms with Gasteiger partial charge in [0.25, 0.3) is 0 Å². The van der Waals surface area contributed by atoms with Crippen molar-refractivity contribution < 1.29 is 9.53 Å². The first-order chi connectivity index (χ1) is 9.69. The normalized spacial score (nSPS) is 12.2. The Labute approximate surface area is 121 Å². The van der Waals surface area contributed by atoms with Gasteiger partial charge in [0, 0.05) is 18.3 Å². The standard InChI is InChI=1S/C16H26N2O2/c1-4-11-17-13(3)14-8-6-7-9-15(14)18-16(19)10-12-20-5-2/h6-9,13,17H,4-5,10-12H2,1-3H3,(H,18,19). The lowest BCUT2D eigenvalue weighted by Crippen LogP contribution is -2.22. The van der Waals surface area contributed by atoms with Crippen molar-refractivity contribution in [1.82, 2.24) is 5.32 Å². The zero-order chi connectivity index (χ0) is 14.8. The van der Waals surface area contributed by atoms with Crippen molar-refractivity contribution >= 4 is 11.6 Å². The molecular weight excluding hydrogens is 252 g/mol. The minimum Gasteiger partial charge on any atom is -0.381 e. The zero-order valence-electron chi connectivity index (χ0n) is 12.7. The van der Waals surface area contributed by atoms with E-state index in [0.29, 0.717) is 19.6 Å². The number of ether oxygens (including phenoxy) is 1. The Bertz CT molecular complexity index is 407. The molecule has 2 N–H and O–H groups in total. The maximum atomic E-state index is 11.9. The molecular formula is C16H26N2O2. The summed E-state index contributed by atoms with van der Waals surface area (Å²) in [6.45, 7) is 8.25. The number of amides is 1. The summed E-state index contributed by atoms with van der Waals surface area (Å²) in [5.74, 6) is -0.00593. The van der Waals surface area contributed by atoms with E-state index in [4.69, 9.17) is 4.74 Å². The van der Waals surface area contributed by atoms with Crippen LogP contribution in [-0.2, 0) is 9.53 Å². The van der Waals surface area contributed by atoms with Crippen molar-refractivity contribution in [2.75, 3.05) is 25.1 Å². The molecule has 0 saturated carbocycles. The molecule has 0 aliphatic rings. The molecule has 0 heterocycles. The van der Waals surface area contributed by atoms with Crippen molar-refractivity contribution in [3.63, 3.8) is 0 Å². The van der Waals surface area contributed by atoms with E-state index >= 15 is 0 Å². The van der Waals surface area contributed by atoms with Crippen LogP contribution in [0.15, 0.2) is 24.3 Å². The highest BCUT2D eigenvalue weighted by Gasteiger charge is 2.11. The number of carbonyl (C=O) groups is 1. The molecule has 112 valence electrons. The number of rotatable bonds is 9. The van der Waals surface area contributed by atoms with Gasteiger partial charge >= 0.3 is 0 Å². The smallest absolute Gasteiger partial charge is 0.226 e. The maximum absolute atomic E-state index is 11.9. The average molecular weight is 278 g/mol. The summed E-state index contributed by atoms with van der Waals surface area (Å²) in [7, 11) is 0. The molecule has 1 aromatic carbocycles. The average Bonchev–Trinajstić information content (AvgIpc) is 2.45. The summed E-state index contributed by atoms with van der Waals surface area (Å²) in [5.41, 5.74) is 2.00. The second-order valence-corrected chi connectivity index (χ2v) is 4.76. The van der Waals surface area contributed by atoms with E-state index in [1.54, 1.807) is 0 Å². The fourth-order valence-electron chi connectivity index (χ4n) is 1.98. The maximum Gasteiger partial charge on any atom is 0.226 e. The van der Waals surface area contributed by atoms with Crippen LogP contribution in [0.3, 0.4) is 0 Å². The Morgan fingerprint density at radius 2 is 2.05 bits per heavy atom. The second kappa shape index (κ2) is 9.50. The third-order valence-corrected chi connectivity index (χ3v) is 3.08. The summed E-state index contributed by atoms with van der Waals surface area (Å²) in [4.78, 5) is 11.9.